The Bertz CT molecular complexity index is 715. The molecule has 7 nitrogen and oxygen atoms in total. The van der Waals surface area contributed by atoms with E-state index in [0.29, 0.717) is 15.7 Å². The van der Waals surface area contributed by atoms with Crippen LogP contribution in [0.5, 0.6) is 0 Å². The Labute approximate surface area is 143 Å². The van der Waals surface area contributed by atoms with E-state index in [-0.39, 0.29) is 18.0 Å². The van der Waals surface area contributed by atoms with Crippen molar-refractivity contribution in [3.8, 4) is 0 Å². The summed E-state index contributed by atoms with van der Waals surface area (Å²) in [6.07, 6.45) is 0. The first-order valence-electron chi connectivity index (χ1n) is 6.75. The average molecular weight is 356 g/mol. The zero-order valence-electron chi connectivity index (χ0n) is 12.7. The molecule has 2 amide bonds. The smallest absolute Gasteiger partial charge is 0.319 e. The van der Waals surface area contributed by atoms with Crippen LogP contribution in [0.15, 0.2) is 28.2 Å². The number of anilines is 1. The van der Waals surface area contributed by atoms with Gasteiger partial charge in [-0.1, -0.05) is 23.2 Å². The van der Waals surface area contributed by atoms with Crippen molar-refractivity contribution in [2.24, 2.45) is 9.98 Å². The molecule has 9 heteroatoms. The molecule has 0 atom stereocenters. The van der Waals surface area contributed by atoms with Crippen LogP contribution in [0.4, 0.5) is 5.69 Å². The third-order valence-electron chi connectivity index (χ3n) is 2.98. The highest BCUT2D eigenvalue weighted by Crippen LogP contribution is 2.25. The molecule has 1 heterocycles. The number of halogens is 2. The Kier molecular flexibility index (Phi) is 5.23. The first kappa shape index (κ1) is 17.2. The standard InChI is InChI=1S/C14H15Cl2N5O2/c1-7(2)21-12(23)11(22)19-14(21)20-13(17-3)18-8-4-5-9(15)10(16)6-8/h4-7H,1-3H3,(H2,17,18,19,20,22). The number of nitrogens with zero attached hydrogens (tertiary/aromatic N) is 3. The number of amides is 2. The van der Waals surface area contributed by atoms with Crippen LogP contribution in [0.1, 0.15) is 13.8 Å². The minimum absolute atomic E-state index is 0.128. The van der Waals surface area contributed by atoms with Gasteiger partial charge in [-0.2, -0.15) is 4.99 Å². The summed E-state index contributed by atoms with van der Waals surface area (Å²) in [5.74, 6) is -1.03. The minimum atomic E-state index is -0.720. The number of hydrogen-bond acceptors (Lipinski definition) is 3. The predicted molar refractivity (Wildman–Crippen MR) is 91.0 cm³/mol. The van der Waals surface area contributed by atoms with E-state index in [1.165, 1.54) is 11.9 Å². The van der Waals surface area contributed by atoms with Crippen molar-refractivity contribution in [1.29, 1.82) is 0 Å². The molecule has 1 aliphatic rings. The molecule has 0 aromatic heterocycles. The number of aliphatic imine (C=N–C) groups is 2. The van der Waals surface area contributed by atoms with E-state index in [0.717, 1.165) is 0 Å². The molecule has 0 aliphatic carbocycles. The van der Waals surface area contributed by atoms with Crippen molar-refractivity contribution < 1.29 is 9.59 Å². The van der Waals surface area contributed by atoms with Gasteiger partial charge in [0.2, 0.25) is 11.9 Å². The SMILES string of the molecule is CN=C(/N=C1\NC(=O)C(=O)N1C(C)C)Nc1ccc(Cl)c(Cl)c1. The van der Waals surface area contributed by atoms with E-state index in [1.54, 1.807) is 32.0 Å². The zero-order chi connectivity index (χ0) is 17.1. The summed E-state index contributed by atoms with van der Waals surface area (Å²) in [6.45, 7) is 3.56. The number of nitrogens with one attached hydrogen (secondary N) is 2. The van der Waals surface area contributed by atoms with Gasteiger partial charge in [-0.25, -0.2) is 0 Å². The Hall–Kier alpha value is -2.12. The lowest BCUT2D eigenvalue weighted by Crippen LogP contribution is -2.39. The maximum Gasteiger partial charge on any atom is 0.319 e. The second-order valence-corrected chi connectivity index (χ2v) is 5.77. The quantitative estimate of drug-likeness (QED) is 0.484. The summed E-state index contributed by atoms with van der Waals surface area (Å²) in [4.78, 5) is 32.8. The Morgan fingerprint density at radius 1 is 1.26 bits per heavy atom. The monoisotopic (exact) mass is 355 g/mol. The van der Waals surface area contributed by atoms with E-state index < -0.39 is 11.8 Å². The first-order valence-corrected chi connectivity index (χ1v) is 7.51. The van der Waals surface area contributed by atoms with Gasteiger partial charge >= 0.3 is 11.8 Å². The maximum atomic E-state index is 11.8. The average Bonchev–Trinajstić information content (AvgIpc) is 2.77. The van der Waals surface area contributed by atoms with E-state index >= 15 is 0 Å². The second kappa shape index (κ2) is 6.97. The molecule has 1 aromatic rings. The van der Waals surface area contributed by atoms with Gasteiger partial charge in [-0.3, -0.25) is 24.8 Å². The molecule has 2 N–H and O–H groups in total. The molecule has 2 rings (SSSR count). The molecule has 1 saturated heterocycles. The molecule has 1 aromatic carbocycles. The van der Waals surface area contributed by atoms with Crippen LogP contribution in [-0.2, 0) is 9.59 Å². The van der Waals surface area contributed by atoms with Crippen LogP contribution >= 0.6 is 23.2 Å². The second-order valence-electron chi connectivity index (χ2n) is 4.96. The summed E-state index contributed by atoms with van der Waals surface area (Å²) in [5.41, 5.74) is 0.621. The van der Waals surface area contributed by atoms with Crippen LogP contribution < -0.4 is 10.6 Å². The number of carbonyl (C=O) groups is 2. The third kappa shape index (κ3) is 3.80. The van der Waals surface area contributed by atoms with Crippen LogP contribution in [0.2, 0.25) is 10.0 Å². The summed E-state index contributed by atoms with van der Waals surface area (Å²) >= 11 is 11.8. The molecule has 0 spiro atoms. The van der Waals surface area contributed by atoms with E-state index in [1.807, 2.05) is 0 Å². The lowest BCUT2D eigenvalue weighted by atomic mass is 10.3. The lowest BCUT2D eigenvalue weighted by Gasteiger charge is -2.19. The fourth-order valence-corrected chi connectivity index (χ4v) is 2.22. The van der Waals surface area contributed by atoms with Gasteiger partial charge in [-0.05, 0) is 32.0 Å². The highest BCUT2D eigenvalue weighted by Gasteiger charge is 2.37. The van der Waals surface area contributed by atoms with Crippen LogP contribution in [0.3, 0.4) is 0 Å². The maximum absolute atomic E-state index is 11.8. The molecule has 122 valence electrons. The zero-order valence-corrected chi connectivity index (χ0v) is 14.2. The first-order chi connectivity index (χ1) is 10.8. The summed E-state index contributed by atoms with van der Waals surface area (Å²) in [6, 6.07) is 4.74. The van der Waals surface area contributed by atoms with Crippen LogP contribution in [0, 0.1) is 0 Å². The van der Waals surface area contributed by atoms with Gasteiger partial charge in [0.15, 0.2) is 0 Å². The van der Waals surface area contributed by atoms with E-state index in [4.69, 9.17) is 23.2 Å². The van der Waals surface area contributed by atoms with E-state index in [9.17, 15) is 9.59 Å². The number of rotatable bonds is 2. The fourth-order valence-electron chi connectivity index (χ4n) is 1.92. The Morgan fingerprint density at radius 2 is 1.96 bits per heavy atom. The minimum Gasteiger partial charge on any atom is -0.324 e. The highest BCUT2D eigenvalue weighted by atomic mass is 35.5. The van der Waals surface area contributed by atoms with Crippen molar-refractivity contribution in [2.45, 2.75) is 19.9 Å². The van der Waals surface area contributed by atoms with Gasteiger partial charge in [0.05, 0.1) is 10.0 Å². The molecule has 1 fully saturated rings. The van der Waals surface area contributed by atoms with Crippen molar-refractivity contribution in [1.82, 2.24) is 10.2 Å². The summed E-state index contributed by atoms with van der Waals surface area (Å²) in [5, 5.41) is 6.18. The van der Waals surface area contributed by atoms with Gasteiger partial charge in [0, 0.05) is 18.8 Å². The molecule has 1 aliphatic heterocycles. The molecular weight excluding hydrogens is 341 g/mol. The van der Waals surface area contributed by atoms with Gasteiger partial charge in [-0.15, -0.1) is 0 Å². The van der Waals surface area contributed by atoms with Gasteiger partial charge in [0.1, 0.15) is 0 Å². The number of guanidine groups is 2. The lowest BCUT2D eigenvalue weighted by molar-refractivity contribution is -0.140. The highest BCUT2D eigenvalue weighted by molar-refractivity contribution is 6.46. The van der Waals surface area contributed by atoms with Crippen molar-refractivity contribution in [3.05, 3.63) is 28.2 Å². The Balaban J connectivity index is 2.26. The molecule has 23 heavy (non-hydrogen) atoms. The molecule has 0 saturated carbocycles. The summed E-state index contributed by atoms with van der Waals surface area (Å²) in [7, 11) is 1.53. The topological polar surface area (TPSA) is 86.2 Å². The van der Waals surface area contributed by atoms with Crippen LogP contribution in [-0.4, -0.2) is 41.7 Å². The normalized spacial score (nSPS) is 17.2. The number of carbonyl (C=O) groups excluding carboxylic acids is 2. The predicted octanol–water partition coefficient (Wildman–Crippen LogP) is 2.11. The van der Waals surface area contributed by atoms with E-state index in [2.05, 4.69) is 20.6 Å². The molecule has 0 bridgehead atoms. The third-order valence-corrected chi connectivity index (χ3v) is 3.72. The molecule has 0 radical (unpaired) electrons. The number of benzene rings is 1. The number of hydrogen-bond donors (Lipinski definition) is 2. The van der Waals surface area contributed by atoms with Gasteiger partial charge in [0.25, 0.3) is 0 Å². The van der Waals surface area contributed by atoms with Crippen molar-refractivity contribution in [3.63, 3.8) is 0 Å². The Morgan fingerprint density at radius 3 is 2.52 bits per heavy atom. The van der Waals surface area contributed by atoms with Gasteiger partial charge < -0.3 is 5.32 Å². The van der Waals surface area contributed by atoms with Crippen molar-refractivity contribution >= 4 is 52.6 Å². The fraction of sp³-hybridized carbons (Fsp3) is 0.286. The summed E-state index contributed by atoms with van der Waals surface area (Å²) < 4.78 is 0. The largest absolute Gasteiger partial charge is 0.324 e. The molecule has 0 unspecified atom stereocenters. The van der Waals surface area contributed by atoms with Crippen LogP contribution in [0.25, 0.3) is 0 Å². The van der Waals surface area contributed by atoms with Crippen molar-refractivity contribution in [2.75, 3.05) is 12.4 Å². The molecular formula is C14H15Cl2N5O2.